The summed E-state index contributed by atoms with van der Waals surface area (Å²) >= 11 is 1.46. The molecule has 1 aromatic heterocycles. The van der Waals surface area contributed by atoms with Crippen LogP contribution in [0.15, 0.2) is 35.7 Å². The molecule has 0 saturated carbocycles. The summed E-state index contributed by atoms with van der Waals surface area (Å²) in [6.45, 7) is 3.67. The van der Waals surface area contributed by atoms with Gasteiger partial charge in [-0.05, 0) is 42.8 Å². The average Bonchev–Trinajstić information content (AvgIpc) is 3.19. The van der Waals surface area contributed by atoms with Crippen LogP contribution in [-0.4, -0.2) is 35.2 Å². The third-order valence-corrected chi connectivity index (χ3v) is 5.15. The molecule has 1 unspecified atom stereocenters. The highest BCUT2D eigenvalue weighted by Crippen LogP contribution is 2.24. The summed E-state index contributed by atoms with van der Waals surface area (Å²) in [5, 5.41) is 12.0. The molecule has 0 spiro atoms. The molecule has 122 valence electrons. The molecular formula is C18H21NO3S. The van der Waals surface area contributed by atoms with Crippen LogP contribution in [-0.2, 0) is 11.3 Å². The maximum atomic E-state index is 12.9. The molecule has 1 fully saturated rings. The van der Waals surface area contributed by atoms with Gasteiger partial charge in [0.05, 0.1) is 11.0 Å². The molecule has 5 heteroatoms. The number of hydrogen-bond donors (Lipinski definition) is 1. The third-order valence-electron chi connectivity index (χ3n) is 4.14. The molecule has 1 N–H and O–H groups in total. The van der Waals surface area contributed by atoms with Crippen molar-refractivity contribution in [1.82, 2.24) is 4.90 Å². The highest BCUT2D eigenvalue weighted by molar-refractivity contribution is 7.12. The van der Waals surface area contributed by atoms with Gasteiger partial charge in [0.2, 0.25) is 0 Å². The van der Waals surface area contributed by atoms with Crippen LogP contribution in [0.5, 0.6) is 5.75 Å². The minimum atomic E-state index is 0.0104. The summed E-state index contributed by atoms with van der Waals surface area (Å²) in [7, 11) is 0. The normalized spacial score (nSPS) is 17.3. The van der Waals surface area contributed by atoms with Gasteiger partial charge in [0.15, 0.2) is 0 Å². The number of phenolic OH excluding ortho intramolecular Hbond substituents is 1. The zero-order chi connectivity index (χ0) is 16.2. The molecule has 1 aliphatic rings. The number of carbonyl (C=O) groups is 1. The minimum absolute atomic E-state index is 0.0104. The Kier molecular flexibility index (Phi) is 4.98. The number of ether oxygens (including phenoxy) is 1. The summed E-state index contributed by atoms with van der Waals surface area (Å²) in [5.41, 5.74) is 1.75. The van der Waals surface area contributed by atoms with E-state index >= 15 is 0 Å². The van der Waals surface area contributed by atoms with Crippen molar-refractivity contribution in [3.05, 3.63) is 51.7 Å². The van der Waals surface area contributed by atoms with Crippen molar-refractivity contribution in [3.63, 3.8) is 0 Å². The lowest BCUT2D eigenvalue weighted by atomic mass is 10.1. The molecule has 4 nitrogen and oxygen atoms in total. The maximum Gasteiger partial charge on any atom is 0.264 e. The molecule has 0 bridgehead atoms. The fourth-order valence-electron chi connectivity index (χ4n) is 2.84. The molecule has 3 rings (SSSR count). The van der Waals surface area contributed by atoms with Crippen molar-refractivity contribution >= 4 is 17.2 Å². The third kappa shape index (κ3) is 3.74. The van der Waals surface area contributed by atoms with Crippen LogP contribution in [0.3, 0.4) is 0 Å². The van der Waals surface area contributed by atoms with Gasteiger partial charge in [-0.2, -0.15) is 0 Å². The lowest BCUT2D eigenvalue weighted by Crippen LogP contribution is -2.36. The van der Waals surface area contributed by atoms with Crippen molar-refractivity contribution in [3.8, 4) is 5.75 Å². The molecule has 1 atom stereocenters. The van der Waals surface area contributed by atoms with Gasteiger partial charge in [-0.3, -0.25) is 4.79 Å². The van der Waals surface area contributed by atoms with E-state index in [9.17, 15) is 9.90 Å². The second kappa shape index (κ2) is 7.15. The molecule has 23 heavy (non-hydrogen) atoms. The number of thiophene rings is 1. The Morgan fingerprint density at radius 1 is 1.39 bits per heavy atom. The van der Waals surface area contributed by atoms with E-state index in [1.807, 2.05) is 30.5 Å². The quantitative estimate of drug-likeness (QED) is 0.911. The van der Waals surface area contributed by atoms with Crippen LogP contribution < -0.4 is 0 Å². The first-order valence-electron chi connectivity index (χ1n) is 7.87. The fraction of sp³-hybridized carbons (Fsp3) is 0.389. The Balaban J connectivity index is 1.82. The Morgan fingerprint density at radius 2 is 2.22 bits per heavy atom. The van der Waals surface area contributed by atoms with Crippen molar-refractivity contribution < 1.29 is 14.6 Å². The summed E-state index contributed by atoms with van der Waals surface area (Å²) in [6.07, 6.45) is 2.11. The monoisotopic (exact) mass is 331 g/mol. The Hall–Kier alpha value is -1.85. The van der Waals surface area contributed by atoms with Gasteiger partial charge < -0.3 is 14.7 Å². The van der Waals surface area contributed by atoms with E-state index in [1.165, 1.54) is 11.3 Å². The van der Waals surface area contributed by atoms with Crippen molar-refractivity contribution in [2.24, 2.45) is 0 Å². The first-order chi connectivity index (χ1) is 11.1. The molecule has 0 radical (unpaired) electrons. The minimum Gasteiger partial charge on any atom is -0.508 e. The van der Waals surface area contributed by atoms with Crippen LogP contribution in [0, 0.1) is 6.92 Å². The molecule has 1 aliphatic heterocycles. The molecule has 2 aromatic rings. The second-order valence-corrected chi connectivity index (χ2v) is 6.80. The van der Waals surface area contributed by atoms with E-state index in [0.29, 0.717) is 13.1 Å². The van der Waals surface area contributed by atoms with Crippen LogP contribution in [0.25, 0.3) is 0 Å². The molecule has 1 saturated heterocycles. The van der Waals surface area contributed by atoms with Gasteiger partial charge in [-0.25, -0.2) is 0 Å². The van der Waals surface area contributed by atoms with Crippen LogP contribution in [0.1, 0.15) is 33.6 Å². The Labute approximate surface area is 140 Å². The highest BCUT2D eigenvalue weighted by Gasteiger charge is 2.25. The highest BCUT2D eigenvalue weighted by atomic mass is 32.1. The molecule has 0 aliphatic carbocycles. The number of aryl methyl sites for hydroxylation is 1. The van der Waals surface area contributed by atoms with Gasteiger partial charge in [0, 0.05) is 25.3 Å². The summed E-state index contributed by atoms with van der Waals surface area (Å²) < 4.78 is 5.70. The first-order valence-corrected chi connectivity index (χ1v) is 8.75. The average molecular weight is 331 g/mol. The number of benzene rings is 1. The van der Waals surface area contributed by atoms with Crippen LogP contribution in [0.4, 0.5) is 0 Å². The largest absolute Gasteiger partial charge is 0.508 e. The Morgan fingerprint density at radius 3 is 2.87 bits per heavy atom. The van der Waals surface area contributed by atoms with Crippen molar-refractivity contribution in [2.45, 2.75) is 32.4 Å². The summed E-state index contributed by atoms with van der Waals surface area (Å²) in [6, 6.07) is 9.13. The number of carbonyl (C=O) groups excluding carboxylic acids is 1. The van der Waals surface area contributed by atoms with E-state index in [-0.39, 0.29) is 17.8 Å². The molecule has 1 aromatic carbocycles. The zero-order valence-electron chi connectivity index (χ0n) is 13.2. The standard InChI is InChI=1S/C18H21NO3S/c1-13-8-10-23-17(13)18(21)19(12-15-6-4-9-22-15)11-14-5-2-3-7-16(14)20/h2-3,5,7-8,10,15,20H,4,6,9,11-12H2,1H3. The van der Waals surface area contributed by atoms with Gasteiger partial charge in [-0.15, -0.1) is 11.3 Å². The van der Waals surface area contributed by atoms with E-state index in [4.69, 9.17) is 4.74 Å². The smallest absolute Gasteiger partial charge is 0.264 e. The number of phenols is 1. The maximum absolute atomic E-state index is 12.9. The van der Waals surface area contributed by atoms with E-state index in [0.717, 1.165) is 35.5 Å². The number of hydrogen-bond acceptors (Lipinski definition) is 4. The Bertz CT molecular complexity index is 676. The molecule has 1 amide bonds. The number of amides is 1. The number of nitrogens with zero attached hydrogens (tertiary/aromatic N) is 1. The topological polar surface area (TPSA) is 49.8 Å². The predicted octanol–water partition coefficient (Wildman–Crippen LogP) is 3.58. The van der Waals surface area contributed by atoms with Gasteiger partial charge in [-0.1, -0.05) is 18.2 Å². The number of para-hydroxylation sites is 1. The van der Waals surface area contributed by atoms with E-state index in [1.54, 1.807) is 17.0 Å². The predicted molar refractivity (Wildman–Crippen MR) is 90.9 cm³/mol. The van der Waals surface area contributed by atoms with Crippen molar-refractivity contribution in [2.75, 3.05) is 13.2 Å². The van der Waals surface area contributed by atoms with Crippen LogP contribution in [0.2, 0.25) is 0 Å². The fourth-order valence-corrected chi connectivity index (χ4v) is 3.73. The SMILES string of the molecule is Cc1ccsc1C(=O)N(Cc1ccccc1O)CC1CCCO1. The molecular weight excluding hydrogens is 310 g/mol. The van der Waals surface area contributed by atoms with Gasteiger partial charge in [0.25, 0.3) is 5.91 Å². The molecule has 2 heterocycles. The van der Waals surface area contributed by atoms with E-state index < -0.39 is 0 Å². The lowest BCUT2D eigenvalue weighted by molar-refractivity contribution is 0.0509. The summed E-state index contributed by atoms with van der Waals surface area (Å²) in [4.78, 5) is 15.5. The van der Waals surface area contributed by atoms with Gasteiger partial charge >= 0.3 is 0 Å². The second-order valence-electron chi connectivity index (χ2n) is 5.88. The van der Waals surface area contributed by atoms with E-state index in [2.05, 4.69) is 0 Å². The number of rotatable bonds is 5. The van der Waals surface area contributed by atoms with Crippen molar-refractivity contribution in [1.29, 1.82) is 0 Å². The lowest BCUT2D eigenvalue weighted by Gasteiger charge is -2.26. The van der Waals surface area contributed by atoms with Gasteiger partial charge in [0.1, 0.15) is 5.75 Å². The number of aromatic hydroxyl groups is 1. The summed E-state index contributed by atoms with van der Waals surface area (Å²) in [5.74, 6) is 0.233. The first kappa shape index (κ1) is 16.0. The van der Waals surface area contributed by atoms with Crippen LogP contribution >= 0.6 is 11.3 Å². The zero-order valence-corrected chi connectivity index (χ0v) is 14.0.